The van der Waals surface area contributed by atoms with Gasteiger partial charge in [-0.2, -0.15) is 0 Å². The van der Waals surface area contributed by atoms with Crippen LogP contribution in [0.2, 0.25) is 5.02 Å². The van der Waals surface area contributed by atoms with Crippen LogP contribution in [-0.2, 0) is 16.0 Å². The lowest BCUT2D eigenvalue weighted by atomic mass is 10.1. The average molecular weight is 430 g/mol. The molecule has 2 aromatic rings. The van der Waals surface area contributed by atoms with Gasteiger partial charge in [-0.1, -0.05) is 41.4 Å². The van der Waals surface area contributed by atoms with Crippen LogP contribution in [0.3, 0.4) is 0 Å². The predicted molar refractivity (Wildman–Crippen MR) is 119 cm³/mol. The number of rotatable bonds is 6. The molecule has 30 heavy (non-hydrogen) atoms. The highest BCUT2D eigenvalue weighted by molar-refractivity contribution is 6.31. The molecule has 1 N–H and O–H groups in total. The summed E-state index contributed by atoms with van der Waals surface area (Å²) in [5.74, 6) is 0.556. The van der Waals surface area contributed by atoms with Gasteiger partial charge in [-0.15, -0.1) is 0 Å². The molecule has 0 aliphatic carbocycles. The fourth-order valence-corrected chi connectivity index (χ4v) is 3.70. The van der Waals surface area contributed by atoms with Crippen molar-refractivity contribution >= 4 is 29.1 Å². The van der Waals surface area contributed by atoms with Gasteiger partial charge < -0.3 is 15.0 Å². The molecule has 1 saturated heterocycles. The van der Waals surface area contributed by atoms with E-state index in [4.69, 9.17) is 16.3 Å². The molecule has 160 valence electrons. The molecule has 0 bridgehead atoms. The van der Waals surface area contributed by atoms with Gasteiger partial charge in [0.2, 0.25) is 11.8 Å². The van der Waals surface area contributed by atoms with E-state index in [2.05, 4.69) is 10.2 Å². The minimum Gasteiger partial charge on any atom is -0.495 e. The van der Waals surface area contributed by atoms with E-state index in [9.17, 15) is 9.59 Å². The van der Waals surface area contributed by atoms with Gasteiger partial charge >= 0.3 is 0 Å². The number of benzene rings is 2. The maximum Gasteiger partial charge on any atom is 0.241 e. The largest absolute Gasteiger partial charge is 0.495 e. The summed E-state index contributed by atoms with van der Waals surface area (Å²) in [7, 11) is 1.55. The molecule has 6 nitrogen and oxygen atoms in total. The highest BCUT2D eigenvalue weighted by Crippen LogP contribution is 2.28. The lowest BCUT2D eigenvalue weighted by Gasteiger charge is -2.37. The Bertz CT molecular complexity index is 893. The standard InChI is InChI=1S/C23H28ClN3O3/c1-16-4-6-18(7-5-16)14-22(28)27-12-10-26(11-13-27)17(2)23(29)25-20-15-19(24)8-9-21(20)30-3/h4-9,15,17H,10-14H2,1-3H3,(H,25,29). The molecular weight excluding hydrogens is 402 g/mol. The Balaban J connectivity index is 1.52. The van der Waals surface area contributed by atoms with Crippen molar-refractivity contribution in [3.05, 3.63) is 58.6 Å². The molecule has 3 rings (SSSR count). The minimum atomic E-state index is -0.331. The number of anilines is 1. The van der Waals surface area contributed by atoms with Crippen molar-refractivity contribution in [1.82, 2.24) is 9.80 Å². The van der Waals surface area contributed by atoms with E-state index < -0.39 is 0 Å². The first-order valence-electron chi connectivity index (χ1n) is 10.1. The van der Waals surface area contributed by atoms with Gasteiger partial charge in [0, 0.05) is 31.2 Å². The topological polar surface area (TPSA) is 61.9 Å². The van der Waals surface area contributed by atoms with E-state index in [-0.39, 0.29) is 17.9 Å². The van der Waals surface area contributed by atoms with Crippen molar-refractivity contribution in [2.24, 2.45) is 0 Å². The number of halogens is 1. The number of nitrogens with one attached hydrogen (secondary N) is 1. The van der Waals surface area contributed by atoms with Crippen LogP contribution in [0.5, 0.6) is 5.75 Å². The first-order valence-corrected chi connectivity index (χ1v) is 10.5. The van der Waals surface area contributed by atoms with Crippen LogP contribution < -0.4 is 10.1 Å². The average Bonchev–Trinajstić information content (AvgIpc) is 2.75. The summed E-state index contributed by atoms with van der Waals surface area (Å²) in [6.45, 7) is 6.44. The third kappa shape index (κ3) is 5.52. The third-order valence-electron chi connectivity index (χ3n) is 5.49. The van der Waals surface area contributed by atoms with Gasteiger partial charge in [-0.25, -0.2) is 0 Å². The Morgan fingerprint density at radius 2 is 1.77 bits per heavy atom. The quantitative estimate of drug-likeness (QED) is 0.764. The Kier molecular flexibility index (Phi) is 7.34. The van der Waals surface area contributed by atoms with Crippen molar-refractivity contribution in [2.75, 3.05) is 38.6 Å². The maximum absolute atomic E-state index is 12.7. The van der Waals surface area contributed by atoms with Gasteiger partial charge in [0.25, 0.3) is 0 Å². The molecule has 1 unspecified atom stereocenters. The lowest BCUT2D eigenvalue weighted by Crippen LogP contribution is -2.54. The summed E-state index contributed by atoms with van der Waals surface area (Å²) in [5.41, 5.74) is 2.76. The second-order valence-corrected chi connectivity index (χ2v) is 8.03. The maximum atomic E-state index is 12.7. The molecule has 0 spiro atoms. The number of ether oxygens (including phenoxy) is 1. The van der Waals surface area contributed by atoms with E-state index in [0.29, 0.717) is 49.1 Å². The minimum absolute atomic E-state index is 0.124. The summed E-state index contributed by atoms with van der Waals surface area (Å²) in [6, 6.07) is 12.8. The number of nitrogens with zero attached hydrogens (tertiary/aromatic N) is 2. The van der Waals surface area contributed by atoms with Crippen LogP contribution in [-0.4, -0.2) is 60.9 Å². The number of piperazine rings is 1. The highest BCUT2D eigenvalue weighted by atomic mass is 35.5. The first-order chi connectivity index (χ1) is 14.4. The van der Waals surface area contributed by atoms with E-state index in [1.54, 1.807) is 25.3 Å². The fourth-order valence-electron chi connectivity index (χ4n) is 3.53. The van der Waals surface area contributed by atoms with Gasteiger partial charge in [0.1, 0.15) is 5.75 Å². The van der Waals surface area contributed by atoms with E-state index in [1.165, 1.54) is 5.56 Å². The zero-order valence-electron chi connectivity index (χ0n) is 17.7. The molecule has 7 heteroatoms. The number of hydrogen-bond acceptors (Lipinski definition) is 4. The summed E-state index contributed by atoms with van der Waals surface area (Å²) in [5, 5.41) is 3.43. The van der Waals surface area contributed by atoms with Crippen LogP contribution in [0.15, 0.2) is 42.5 Å². The number of amides is 2. The van der Waals surface area contributed by atoms with E-state index >= 15 is 0 Å². The first kappa shape index (κ1) is 22.1. The van der Waals surface area contributed by atoms with Crippen molar-refractivity contribution in [3.63, 3.8) is 0 Å². The van der Waals surface area contributed by atoms with Crippen LogP contribution >= 0.6 is 11.6 Å². The van der Waals surface area contributed by atoms with Gasteiger partial charge in [0.05, 0.1) is 25.3 Å². The van der Waals surface area contributed by atoms with Crippen molar-refractivity contribution < 1.29 is 14.3 Å². The Morgan fingerprint density at radius 3 is 2.40 bits per heavy atom. The summed E-state index contributed by atoms with van der Waals surface area (Å²) < 4.78 is 5.29. The molecule has 1 atom stereocenters. The molecule has 0 aromatic heterocycles. The number of carbonyl (C=O) groups excluding carboxylic acids is 2. The van der Waals surface area contributed by atoms with Crippen molar-refractivity contribution in [3.8, 4) is 5.75 Å². The zero-order chi connectivity index (χ0) is 21.7. The molecule has 1 aliphatic heterocycles. The van der Waals surface area contributed by atoms with Crippen LogP contribution in [0.25, 0.3) is 0 Å². The van der Waals surface area contributed by atoms with E-state index in [0.717, 1.165) is 5.56 Å². The normalized spacial score (nSPS) is 15.5. The molecule has 1 heterocycles. The zero-order valence-corrected chi connectivity index (χ0v) is 18.4. The smallest absolute Gasteiger partial charge is 0.241 e. The van der Waals surface area contributed by atoms with E-state index in [1.807, 2.05) is 43.0 Å². The molecule has 0 saturated carbocycles. The Hall–Kier alpha value is -2.57. The molecule has 2 aromatic carbocycles. The molecule has 0 radical (unpaired) electrons. The lowest BCUT2D eigenvalue weighted by molar-refractivity contribution is -0.133. The van der Waals surface area contributed by atoms with Crippen LogP contribution in [0.1, 0.15) is 18.1 Å². The van der Waals surface area contributed by atoms with Gasteiger partial charge in [-0.3, -0.25) is 14.5 Å². The second-order valence-electron chi connectivity index (χ2n) is 7.59. The number of carbonyl (C=O) groups is 2. The molecule has 1 aliphatic rings. The molecular formula is C23H28ClN3O3. The monoisotopic (exact) mass is 429 g/mol. The Labute approximate surface area is 182 Å². The number of aryl methyl sites for hydroxylation is 1. The fraction of sp³-hybridized carbons (Fsp3) is 0.391. The predicted octanol–water partition coefficient (Wildman–Crippen LogP) is 3.37. The summed E-state index contributed by atoms with van der Waals surface area (Å²) in [6.07, 6.45) is 0.408. The summed E-state index contributed by atoms with van der Waals surface area (Å²) in [4.78, 5) is 29.3. The molecule has 2 amide bonds. The third-order valence-corrected chi connectivity index (χ3v) is 5.72. The SMILES string of the molecule is COc1ccc(Cl)cc1NC(=O)C(C)N1CCN(C(=O)Cc2ccc(C)cc2)CC1. The van der Waals surface area contributed by atoms with Crippen LogP contribution in [0, 0.1) is 6.92 Å². The molecule has 1 fully saturated rings. The highest BCUT2D eigenvalue weighted by Gasteiger charge is 2.28. The van der Waals surface area contributed by atoms with Crippen LogP contribution in [0.4, 0.5) is 5.69 Å². The van der Waals surface area contributed by atoms with Gasteiger partial charge in [-0.05, 0) is 37.6 Å². The van der Waals surface area contributed by atoms with Crippen molar-refractivity contribution in [1.29, 1.82) is 0 Å². The number of methoxy groups -OCH3 is 1. The number of hydrogen-bond donors (Lipinski definition) is 1. The summed E-state index contributed by atoms with van der Waals surface area (Å²) >= 11 is 6.04. The van der Waals surface area contributed by atoms with Crippen molar-refractivity contribution in [2.45, 2.75) is 26.3 Å². The van der Waals surface area contributed by atoms with Gasteiger partial charge in [0.15, 0.2) is 0 Å². The second kappa shape index (κ2) is 9.96. The Morgan fingerprint density at radius 1 is 1.10 bits per heavy atom.